The van der Waals surface area contributed by atoms with Crippen LogP contribution in [0.3, 0.4) is 0 Å². The largest absolute Gasteiger partial charge is 0.503 e. The fraction of sp³-hybridized carbons (Fsp3) is 0.500. The zero-order valence-electron chi connectivity index (χ0n) is 32.6. The molecule has 0 spiro atoms. The lowest BCUT2D eigenvalue weighted by atomic mass is 10.1. The molecule has 4 aromatic rings. The monoisotopic (exact) mass is 825 g/mol. The molecule has 3 aliphatic rings. The summed E-state index contributed by atoms with van der Waals surface area (Å²) in [7, 11) is 0. The predicted octanol–water partition coefficient (Wildman–Crippen LogP) is 6.41. The van der Waals surface area contributed by atoms with Gasteiger partial charge in [0.25, 0.3) is 5.91 Å². The Labute approximate surface area is 343 Å². The van der Waals surface area contributed by atoms with E-state index in [2.05, 4.69) is 15.5 Å². The van der Waals surface area contributed by atoms with Gasteiger partial charge in [0.15, 0.2) is 16.5 Å². The number of hydrogen-bond donors (Lipinski definition) is 2. The Bertz CT molecular complexity index is 1960. The average Bonchev–Trinajstić information content (AvgIpc) is 4.16. The van der Waals surface area contributed by atoms with Gasteiger partial charge in [0.05, 0.1) is 24.8 Å². The maximum Gasteiger partial charge on any atom is 0.306 e. The van der Waals surface area contributed by atoms with Crippen LogP contribution in [-0.2, 0) is 38.6 Å². The second-order valence-electron chi connectivity index (χ2n) is 14.6. The van der Waals surface area contributed by atoms with Crippen molar-refractivity contribution in [3.63, 3.8) is 0 Å². The van der Waals surface area contributed by atoms with E-state index in [4.69, 9.17) is 14.2 Å². The number of esters is 1. The summed E-state index contributed by atoms with van der Waals surface area (Å²) < 4.78 is 31.2. The Morgan fingerprint density at radius 1 is 0.982 bits per heavy atom. The number of carbonyl (C=O) groups is 2. The number of aromatic nitrogens is 3. The molecule has 1 aliphatic heterocycles. The molecule has 2 N–H and O–H groups in total. The molecule has 3 heterocycles. The molecule has 0 bridgehead atoms. The lowest BCUT2D eigenvalue weighted by Gasteiger charge is -2.37. The van der Waals surface area contributed by atoms with Crippen molar-refractivity contribution in [3.8, 4) is 16.3 Å². The molecule has 2 aromatic heterocycles. The van der Waals surface area contributed by atoms with Crippen molar-refractivity contribution in [3.05, 3.63) is 98.7 Å². The van der Waals surface area contributed by atoms with E-state index in [-0.39, 0.29) is 53.4 Å². The number of fused-ring (bicyclic) bond motifs is 1. The Morgan fingerprint density at radius 2 is 1.70 bits per heavy atom. The normalized spacial score (nSPS) is 16.6. The average molecular weight is 826 g/mol. The quantitative estimate of drug-likeness (QED) is 0.102. The number of pyridine rings is 1. The molecule has 2 saturated carbocycles. The first-order valence-electron chi connectivity index (χ1n) is 19.6. The minimum absolute atomic E-state index is 0. The highest BCUT2D eigenvalue weighted by Gasteiger charge is 2.39. The molecule has 12 nitrogen and oxygen atoms in total. The van der Waals surface area contributed by atoms with E-state index in [1.54, 1.807) is 27.8 Å². The molecule has 0 unspecified atom stereocenters. The van der Waals surface area contributed by atoms with E-state index < -0.39 is 11.2 Å². The first kappa shape index (κ1) is 43.9. The third kappa shape index (κ3) is 12.9. The standard InChI is InChI=1S/C24H25FN4O4S.C18H27NO3.ClH/c1-2-33-13-17-11-28-12-18(21(30)22(31)20(28)24(32)29(17)10-15-3-4-15)23-27-26-19(34-23)9-14-5-7-16(25)8-6-14;1-2-21-14-17(19-12-15-8-9-15)10-11-18(20)22-13-16-6-4-3-5-7-16;/h5-8,12,15,17,31H,2-4,9-11,13H2,1H3;3-7,15,17,19H,2,8-14H2,1H3;1H/t2*17-;/m00./s1. The van der Waals surface area contributed by atoms with Crippen molar-refractivity contribution in [2.45, 2.75) is 84.0 Å². The molecule has 2 aliphatic carbocycles. The molecule has 2 aromatic carbocycles. The van der Waals surface area contributed by atoms with Crippen LogP contribution in [0.25, 0.3) is 10.6 Å². The molecule has 15 heteroatoms. The van der Waals surface area contributed by atoms with Crippen LogP contribution in [0, 0.1) is 17.7 Å². The maximum absolute atomic E-state index is 13.3. The molecule has 2 fully saturated rings. The van der Waals surface area contributed by atoms with E-state index in [1.165, 1.54) is 36.3 Å². The summed E-state index contributed by atoms with van der Waals surface area (Å²) in [4.78, 5) is 39.9. The second-order valence-corrected chi connectivity index (χ2v) is 15.7. The number of benzene rings is 2. The first-order chi connectivity index (χ1) is 27.2. The minimum Gasteiger partial charge on any atom is -0.503 e. The van der Waals surface area contributed by atoms with Crippen molar-refractivity contribution >= 4 is 35.6 Å². The number of aromatic hydroxyl groups is 1. The highest BCUT2D eigenvalue weighted by molar-refractivity contribution is 7.14. The minimum atomic E-state index is -0.640. The molecule has 0 radical (unpaired) electrons. The number of ether oxygens (including phenoxy) is 3. The smallest absolute Gasteiger partial charge is 0.306 e. The molecular weight excluding hydrogens is 773 g/mol. The predicted molar refractivity (Wildman–Crippen MR) is 218 cm³/mol. The highest BCUT2D eigenvalue weighted by Crippen LogP contribution is 2.34. The van der Waals surface area contributed by atoms with Crippen LogP contribution in [-0.4, -0.2) is 88.2 Å². The molecule has 1 amide bonds. The molecular formula is C42H53ClFN5O7S. The van der Waals surface area contributed by atoms with Crippen molar-refractivity contribution in [2.24, 2.45) is 11.8 Å². The van der Waals surface area contributed by atoms with Gasteiger partial charge in [0.1, 0.15) is 17.4 Å². The summed E-state index contributed by atoms with van der Waals surface area (Å²) in [5.41, 5.74) is 1.46. The van der Waals surface area contributed by atoms with Gasteiger partial charge in [-0.3, -0.25) is 14.4 Å². The van der Waals surface area contributed by atoms with Crippen molar-refractivity contribution in [1.29, 1.82) is 0 Å². The summed E-state index contributed by atoms with van der Waals surface area (Å²) in [6.07, 6.45) is 8.05. The van der Waals surface area contributed by atoms with Gasteiger partial charge < -0.3 is 34.1 Å². The fourth-order valence-corrected chi connectivity index (χ4v) is 7.36. The van der Waals surface area contributed by atoms with Crippen LogP contribution < -0.4 is 10.7 Å². The molecule has 7 rings (SSSR count). The van der Waals surface area contributed by atoms with Crippen LogP contribution in [0.4, 0.5) is 4.39 Å². The van der Waals surface area contributed by atoms with Gasteiger partial charge in [-0.15, -0.1) is 22.6 Å². The Kier molecular flexibility index (Phi) is 16.6. The zero-order chi connectivity index (χ0) is 39.4. The summed E-state index contributed by atoms with van der Waals surface area (Å²) in [5, 5.41) is 23.6. The number of nitrogens with one attached hydrogen (secondary N) is 1. The molecule has 57 heavy (non-hydrogen) atoms. The summed E-state index contributed by atoms with van der Waals surface area (Å²) in [6, 6.07) is 15.9. The van der Waals surface area contributed by atoms with Gasteiger partial charge in [-0.2, -0.15) is 0 Å². The summed E-state index contributed by atoms with van der Waals surface area (Å²) in [5.74, 6) is -0.0692. The van der Waals surface area contributed by atoms with Crippen LogP contribution in [0.5, 0.6) is 5.75 Å². The Hall–Kier alpha value is -4.21. The van der Waals surface area contributed by atoms with E-state index in [1.807, 2.05) is 44.2 Å². The van der Waals surface area contributed by atoms with Gasteiger partial charge >= 0.3 is 5.97 Å². The van der Waals surface area contributed by atoms with Crippen LogP contribution in [0.1, 0.15) is 79.0 Å². The van der Waals surface area contributed by atoms with Crippen molar-refractivity contribution in [2.75, 3.05) is 39.5 Å². The Balaban J connectivity index is 0.000000235. The van der Waals surface area contributed by atoms with Crippen LogP contribution >= 0.6 is 23.7 Å². The highest BCUT2D eigenvalue weighted by atomic mass is 35.5. The molecule has 2 atom stereocenters. The van der Waals surface area contributed by atoms with Crippen molar-refractivity contribution < 1.29 is 33.3 Å². The zero-order valence-corrected chi connectivity index (χ0v) is 34.2. The molecule has 308 valence electrons. The number of carbonyl (C=O) groups excluding carboxylic acids is 2. The lowest BCUT2D eigenvalue weighted by Crippen LogP contribution is -2.51. The van der Waals surface area contributed by atoms with Crippen LogP contribution in [0.2, 0.25) is 0 Å². The van der Waals surface area contributed by atoms with Crippen molar-refractivity contribution in [1.82, 2.24) is 25.0 Å². The SMILES string of the molecule is CCOC[C@@H]1Cn2cc(-c3nnc(Cc4ccc(F)cc4)s3)c(=O)c(O)c2C(=O)N1CC1CC1.CCOC[C@H](CCC(=O)OCc1ccccc1)NCC1CC1.Cl. The number of nitrogens with zero attached hydrogens (tertiary/aromatic N) is 4. The van der Waals surface area contributed by atoms with Gasteiger partial charge in [0, 0.05) is 51.4 Å². The Morgan fingerprint density at radius 3 is 2.39 bits per heavy atom. The first-order valence-corrected chi connectivity index (χ1v) is 20.5. The van der Waals surface area contributed by atoms with E-state index >= 15 is 0 Å². The van der Waals surface area contributed by atoms with Crippen LogP contribution in [0.15, 0.2) is 65.6 Å². The number of amides is 1. The van der Waals surface area contributed by atoms with Gasteiger partial charge in [0.2, 0.25) is 5.43 Å². The number of rotatable bonds is 19. The number of halogens is 2. The van der Waals surface area contributed by atoms with Gasteiger partial charge in [-0.05, 0) is 87.6 Å². The fourth-order valence-electron chi connectivity index (χ4n) is 6.48. The topological polar surface area (TPSA) is 145 Å². The van der Waals surface area contributed by atoms with Gasteiger partial charge in [-0.1, -0.05) is 53.8 Å². The van der Waals surface area contributed by atoms with E-state index in [9.17, 15) is 23.9 Å². The van der Waals surface area contributed by atoms with Gasteiger partial charge in [-0.25, -0.2) is 4.39 Å². The summed E-state index contributed by atoms with van der Waals surface area (Å²) in [6.45, 7) is 8.60. The summed E-state index contributed by atoms with van der Waals surface area (Å²) >= 11 is 1.23. The third-order valence-corrected chi connectivity index (χ3v) is 11.0. The maximum atomic E-state index is 13.3. The lowest BCUT2D eigenvalue weighted by molar-refractivity contribution is -0.145. The third-order valence-electron chi connectivity index (χ3n) is 10.1. The van der Waals surface area contributed by atoms with E-state index in [0.717, 1.165) is 42.9 Å². The van der Waals surface area contributed by atoms with E-state index in [0.29, 0.717) is 74.9 Å². The molecule has 0 saturated heterocycles. The number of hydrogen-bond acceptors (Lipinski definition) is 11. The second kappa shape index (κ2) is 21.5.